The Balaban J connectivity index is 2.00. The molecule has 1 saturated heterocycles. The maximum absolute atomic E-state index is 6.13. The van der Waals surface area contributed by atoms with E-state index in [1.165, 1.54) is 0 Å². The predicted molar refractivity (Wildman–Crippen MR) is 90.1 cm³/mol. The van der Waals surface area contributed by atoms with E-state index in [0.29, 0.717) is 5.92 Å². The van der Waals surface area contributed by atoms with Gasteiger partial charge in [0.25, 0.3) is 0 Å². The molecule has 5 heteroatoms. The Morgan fingerprint density at radius 2 is 1.90 bits per heavy atom. The van der Waals surface area contributed by atoms with Crippen LogP contribution in [-0.2, 0) is 11.3 Å². The highest BCUT2D eigenvalue weighted by Gasteiger charge is 2.39. The van der Waals surface area contributed by atoms with Crippen molar-refractivity contribution in [2.24, 2.45) is 5.92 Å². The number of nitrogens with zero attached hydrogens (tertiary/aromatic N) is 2. The molecule has 0 aromatic carbocycles. The summed E-state index contributed by atoms with van der Waals surface area (Å²) in [7, 11) is 0. The van der Waals surface area contributed by atoms with Crippen LogP contribution in [0.3, 0.4) is 0 Å². The maximum atomic E-state index is 6.13. The van der Waals surface area contributed by atoms with Crippen LogP contribution in [0, 0.1) is 5.92 Å². The second-order valence-electron chi connectivity index (χ2n) is 7.62. The van der Waals surface area contributed by atoms with Crippen molar-refractivity contribution >= 4 is 16.5 Å². The number of anilines is 1. The van der Waals surface area contributed by atoms with E-state index in [-0.39, 0.29) is 11.2 Å². The molecule has 1 N–H and O–H groups in total. The van der Waals surface area contributed by atoms with Crippen LogP contribution in [-0.4, -0.2) is 35.8 Å². The van der Waals surface area contributed by atoms with E-state index in [2.05, 4.69) is 57.1 Å². The molecule has 0 saturated carbocycles. The molecular weight excluding hydrogens is 282 g/mol. The molecule has 1 aliphatic heterocycles. The number of thiazole rings is 1. The van der Waals surface area contributed by atoms with E-state index in [1.54, 1.807) is 11.3 Å². The summed E-state index contributed by atoms with van der Waals surface area (Å²) in [6.45, 7) is 16.7. The second kappa shape index (κ2) is 6.23. The zero-order valence-electron chi connectivity index (χ0n) is 14.2. The number of rotatable bonds is 5. The fraction of sp³-hybridized carbons (Fsp3) is 0.812. The SMILES string of the molecule is CC(C)CNCc1csc(N2CC(C)(C)OC(C)(C)C2)n1. The molecule has 21 heavy (non-hydrogen) atoms. The minimum atomic E-state index is -0.135. The standard InChI is InChI=1S/C16H29N3OS/c1-12(2)7-17-8-13-9-21-14(18-13)19-10-15(3,4)20-16(5,6)11-19/h9,12,17H,7-8,10-11H2,1-6H3. The lowest BCUT2D eigenvalue weighted by Crippen LogP contribution is -2.57. The minimum absolute atomic E-state index is 0.135. The van der Waals surface area contributed by atoms with Gasteiger partial charge in [-0.2, -0.15) is 0 Å². The Morgan fingerprint density at radius 1 is 1.29 bits per heavy atom. The molecule has 1 fully saturated rings. The van der Waals surface area contributed by atoms with Crippen LogP contribution >= 0.6 is 11.3 Å². The molecule has 1 aromatic rings. The van der Waals surface area contributed by atoms with Crippen molar-refractivity contribution < 1.29 is 4.74 Å². The summed E-state index contributed by atoms with van der Waals surface area (Å²) in [5.41, 5.74) is 0.866. The van der Waals surface area contributed by atoms with Crippen LogP contribution in [0.4, 0.5) is 5.13 Å². The number of aromatic nitrogens is 1. The zero-order chi connectivity index (χ0) is 15.7. The average Bonchev–Trinajstić information content (AvgIpc) is 2.73. The van der Waals surface area contributed by atoms with E-state index in [4.69, 9.17) is 9.72 Å². The van der Waals surface area contributed by atoms with E-state index in [0.717, 1.165) is 37.0 Å². The smallest absolute Gasteiger partial charge is 0.185 e. The molecule has 0 aliphatic carbocycles. The molecule has 1 aliphatic rings. The van der Waals surface area contributed by atoms with E-state index >= 15 is 0 Å². The number of hydrogen-bond donors (Lipinski definition) is 1. The van der Waals surface area contributed by atoms with Crippen molar-refractivity contribution in [2.75, 3.05) is 24.5 Å². The molecule has 0 amide bonds. The molecule has 0 bridgehead atoms. The first kappa shape index (κ1) is 16.7. The Hall–Kier alpha value is -0.650. The summed E-state index contributed by atoms with van der Waals surface area (Å²) in [5.74, 6) is 0.670. The van der Waals surface area contributed by atoms with Gasteiger partial charge in [-0.05, 0) is 40.2 Å². The maximum Gasteiger partial charge on any atom is 0.185 e. The third-order valence-corrected chi connectivity index (χ3v) is 4.31. The Labute approximate surface area is 132 Å². The highest BCUT2D eigenvalue weighted by Crippen LogP contribution is 2.32. The van der Waals surface area contributed by atoms with Gasteiger partial charge in [-0.1, -0.05) is 13.8 Å². The molecule has 0 atom stereocenters. The van der Waals surface area contributed by atoms with Gasteiger partial charge in [0.2, 0.25) is 0 Å². The molecule has 4 nitrogen and oxygen atoms in total. The van der Waals surface area contributed by atoms with E-state index in [9.17, 15) is 0 Å². The topological polar surface area (TPSA) is 37.4 Å². The van der Waals surface area contributed by atoms with E-state index < -0.39 is 0 Å². The van der Waals surface area contributed by atoms with E-state index in [1.807, 2.05) is 0 Å². The van der Waals surface area contributed by atoms with Gasteiger partial charge in [-0.25, -0.2) is 4.98 Å². The molecule has 0 spiro atoms. The third kappa shape index (κ3) is 4.94. The molecule has 120 valence electrons. The van der Waals surface area contributed by atoms with Gasteiger partial charge >= 0.3 is 0 Å². The summed E-state index contributed by atoms with van der Waals surface area (Å²) in [6.07, 6.45) is 0. The Morgan fingerprint density at radius 3 is 2.48 bits per heavy atom. The fourth-order valence-electron chi connectivity index (χ4n) is 2.93. The molecule has 0 radical (unpaired) electrons. The van der Waals surface area contributed by atoms with Crippen molar-refractivity contribution in [1.82, 2.24) is 10.3 Å². The number of morpholine rings is 1. The quantitative estimate of drug-likeness (QED) is 0.905. The lowest BCUT2D eigenvalue weighted by Gasteiger charge is -2.47. The normalized spacial score (nSPS) is 21.0. The Bertz CT molecular complexity index is 452. The van der Waals surface area contributed by atoms with Crippen LogP contribution < -0.4 is 10.2 Å². The largest absolute Gasteiger partial charge is 0.366 e. The number of hydrogen-bond acceptors (Lipinski definition) is 5. The van der Waals surface area contributed by atoms with Gasteiger partial charge in [0.05, 0.1) is 16.9 Å². The first-order chi connectivity index (χ1) is 9.67. The molecule has 2 rings (SSSR count). The predicted octanol–water partition coefficient (Wildman–Crippen LogP) is 3.28. The lowest BCUT2D eigenvalue weighted by atomic mass is 9.99. The first-order valence-electron chi connectivity index (χ1n) is 7.77. The van der Waals surface area contributed by atoms with Gasteiger partial charge in [-0.3, -0.25) is 0 Å². The van der Waals surface area contributed by atoms with Gasteiger partial charge in [0.1, 0.15) is 0 Å². The van der Waals surface area contributed by atoms with Crippen LogP contribution in [0.2, 0.25) is 0 Å². The monoisotopic (exact) mass is 311 g/mol. The van der Waals surface area contributed by atoms with Crippen molar-refractivity contribution in [2.45, 2.75) is 59.3 Å². The van der Waals surface area contributed by atoms with Gasteiger partial charge in [-0.15, -0.1) is 11.3 Å². The summed E-state index contributed by atoms with van der Waals surface area (Å²) in [6, 6.07) is 0. The number of ether oxygens (including phenoxy) is 1. The van der Waals surface area contributed by atoms with Crippen molar-refractivity contribution in [1.29, 1.82) is 0 Å². The first-order valence-corrected chi connectivity index (χ1v) is 8.65. The van der Waals surface area contributed by atoms with Crippen LogP contribution in [0.5, 0.6) is 0 Å². The van der Waals surface area contributed by atoms with Crippen molar-refractivity contribution in [3.63, 3.8) is 0 Å². The van der Waals surface area contributed by atoms with Gasteiger partial charge in [0, 0.05) is 25.0 Å². The lowest BCUT2D eigenvalue weighted by molar-refractivity contribution is -0.133. The van der Waals surface area contributed by atoms with Crippen LogP contribution in [0.15, 0.2) is 5.38 Å². The highest BCUT2D eigenvalue weighted by molar-refractivity contribution is 7.13. The summed E-state index contributed by atoms with van der Waals surface area (Å²) >= 11 is 1.74. The summed E-state index contributed by atoms with van der Waals surface area (Å²) in [5, 5.41) is 6.73. The molecule has 1 aromatic heterocycles. The molecule has 2 heterocycles. The highest BCUT2D eigenvalue weighted by atomic mass is 32.1. The Kier molecular flexibility index (Phi) is 4.96. The minimum Gasteiger partial charge on any atom is -0.366 e. The summed E-state index contributed by atoms with van der Waals surface area (Å²) in [4.78, 5) is 7.15. The molecule has 0 unspecified atom stereocenters. The second-order valence-corrected chi connectivity index (χ2v) is 8.46. The van der Waals surface area contributed by atoms with Crippen molar-refractivity contribution in [3.05, 3.63) is 11.1 Å². The third-order valence-electron chi connectivity index (χ3n) is 3.36. The van der Waals surface area contributed by atoms with Gasteiger partial charge < -0.3 is 15.0 Å². The van der Waals surface area contributed by atoms with Gasteiger partial charge in [0.15, 0.2) is 5.13 Å². The van der Waals surface area contributed by atoms with Crippen LogP contribution in [0.1, 0.15) is 47.2 Å². The van der Waals surface area contributed by atoms with Crippen LogP contribution in [0.25, 0.3) is 0 Å². The number of nitrogens with one attached hydrogen (secondary N) is 1. The average molecular weight is 311 g/mol. The summed E-state index contributed by atoms with van der Waals surface area (Å²) < 4.78 is 6.13. The fourth-order valence-corrected chi connectivity index (χ4v) is 3.76. The van der Waals surface area contributed by atoms with Crippen molar-refractivity contribution in [3.8, 4) is 0 Å². The molecular formula is C16H29N3OS. The zero-order valence-corrected chi connectivity index (χ0v) is 15.0.